The summed E-state index contributed by atoms with van der Waals surface area (Å²) in [4.78, 5) is 12.5. The Kier molecular flexibility index (Phi) is 6.74. The van der Waals surface area contributed by atoms with E-state index in [2.05, 4.69) is 181 Å². The molecule has 6 aromatic carbocycles. The highest BCUT2D eigenvalue weighted by molar-refractivity contribution is 6.18. The van der Waals surface area contributed by atoms with Crippen molar-refractivity contribution in [3.05, 3.63) is 180 Å². The number of pyridine rings is 1. The molecule has 0 spiro atoms. The second kappa shape index (κ2) is 11.5. The van der Waals surface area contributed by atoms with Gasteiger partial charge < -0.3 is 9.47 Å². The van der Waals surface area contributed by atoms with Gasteiger partial charge in [0, 0.05) is 40.7 Å². The molecule has 1 aliphatic heterocycles. The smallest absolute Gasteiger partial charge is 0.140 e. The fourth-order valence-electron chi connectivity index (χ4n) is 8.69. The molecule has 52 heavy (non-hydrogen) atoms. The van der Waals surface area contributed by atoms with Gasteiger partial charge in [-0.2, -0.15) is 0 Å². The first-order valence-electron chi connectivity index (χ1n) is 18.0. The van der Waals surface area contributed by atoms with Gasteiger partial charge in [0.1, 0.15) is 11.6 Å². The van der Waals surface area contributed by atoms with Crippen LogP contribution in [0.2, 0.25) is 0 Å². The summed E-state index contributed by atoms with van der Waals surface area (Å²) in [5, 5.41) is 2.45. The van der Waals surface area contributed by atoms with E-state index in [1.807, 2.05) is 12.3 Å². The van der Waals surface area contributed by atoms with Crippen LogP contribution < -0.4 is 4.90 Å². The maximum atomic E-state index is 5.05. The van der Waals surface area contributed by atoms with Crippen molar-refractivity contribution in [1.82, 2.24) is 19.1 Å². The standard InChI is InChI=1S/C47H37N5/c1-47(2)36-21-8-11-24-39(36)51(34-18-5-4-6-19-34)45-43-35-20-7-10-23-38(35)52(42-26-13-14-27-48-42)41(43)30-33(44(45)47)29-31-16-15-17-32(28-31)46-49-37-22-9-12-25-40(37)50(46)3/h4-28,30H,29H2,1-3H3. The largest absolute Gasteiger partial charge is 0.327 e. The number of hydrogen-bond acceptors (Lipinski definition) is 3. The van der Waals surface area contributed by atoms with Crippen LogP contribution in [0.5, 0.6) is 0 Å². The fraction of sp³-hybridized carbons (Fsp3) is 0.106. The van der Waals surface area contributed by atoms with Gasteiger partial charge in [-0.25, -0.2) is 9.97 Å². The van der Waals surface area contributed by atoms with Gasteiger partial charge in [-0.3, -0.25) is 4.57 Å². The molecule has 0 saturated carbocycles. The number of aromatic nitrogens is 4. The molecule has 9 aromatic rings. The summed E-state index contributed by atoms with van der Waals surface area (Å²) in [6.45, 7) is 4.80. The quantitative estimate of drug-likeness (QED) is 0.183. The number of nitrogens with zero attached hydrogens (tertiary/aromatic N) is 5. The SMILES string of the molecule is Cn1c(-c2cccc(Cc3cc4c(c5c3C(C)(C)c3ccccc3N5c3ccccc3)c3ccccc3n4-c3ccccn3)c2)nc2ccccc21. The Hall–Kier alpha value is -6.46. The number of aryl methyl sites for hydroxylation is 1. The maximum Gasteiger partial charge on any atom is 0.140 e. The summed E-state index contributed by atoms with van der Waals surface area (Å²) in [6.07, 6.45) is 2.64. The monoisotopic (exact) mass is 671 g/mol. The van der Waals surface area contributed by atoms with E-state index in [0.29, 0.717) is 0 Å². The Bertz CT molecular complexity index is 2810. The van der Waals surface area contributed by atoms with Gasteiger partial charge in [0.25, 0.3) is 0 Å². The molecule has 3 aromatic heterocycles. The minimum atomic E-state index is -0.288. The van der Waals surface area contributed by atoms with E-state index in [9.17, 15) is 0 Å². The van der Waals surface area contributed by atoms with Crippen LogP contribution in [0.15, 0.2) is 158 Å². The molecule has 4 heterocycles. The lowest BCUT2D eigenvalue weighted by Crippen LogP contribution is -2.32. The van der Waals surface area contributed by atoms with Crippen LogP contribution in [0.3, 0.4) is 0 Å². The van der Waals surface area contributed by atoms with Gasteiger partial charge in [0.05, 0.1) is 33.4 Å². The van der Waals surface area contributed by atoms with E-state index >= 15 is 0 Å². The molecule has 0 fully saturated rings. The van der Waals surface area contributed by atoms with Crippen molar-refractivity contribution < 1.29 is 0 Å². The van der Waals surface area contributed by atoms with Gasteiger partial charge in [-0.1, -0.05) is 105 Å². The summed E-state index contributed by atoms with van der Waals surface area (Å²) >= 11 is 0. The van der Waals surface area contributed by atoms with Crippen LogP contribution in [0.1, 0.15) is 36.1 Å². The van der Waals surface area contributed by atoms with Gasteiger partial charge in [0.2, 0.25) is 0 Å². The summed E-state index contributed by atoms with van der Waals surface area (Å²) in [6, 6.07) is 54.5. The highest BCUT2D eigenvalue weighted by atomic mass is 15.2. The normalized spacial score (nSPS) is 13.5. The Morgan fingerprint density at radius 3 is 2.23 bits per heavy atom. The summed E-state index contributed by atoms with van der Waals surface area (Å²) in [5.74, 6) is 1.88. The van der Waals surface area contributed by atoms with E-state index in [0.717, 1.165) is 51.4 Å². The molecule has 1 aliphatic rings. The van der Waals surface area contributed by atoms with E-state index in [4.69, 9.17) is 9.97 Å². The van der Waals surface area contributed by atoms with Crippen LogP contribution in [-0.4, -0.2) is 19.1 Å². The molecule has 250 valence electrons. The molecule has 0 unspecified atom stereocenters. The topological polar surface area (TPSA) is 38.9 Å². The number of fused-ring (bicyclic) bond motifs is 7. The van der Waals surface area contributed by atoms with Crippen LogP contribution in [0.4, 0.5) is 17.1 Å². The third kappa shape index (κ3) is 4.49. The average Bonchev–Trinajstić information content (AvgIpc) is 3.70. The number of anilines is 3. The highest BCUT2D eigenvalue weighted by Gasteiger charge is 2.41. The van der Waals surface area contributed by atoms with Gasteiger partial charge >= 0.3 is 0 Å². The predicted molar refractivity (Wildman–Crippen MR) is 214 cm³/mol. The Balaban J connectivity index is 1.29. The maximum absolute atomic E-state index is 5.05. The number of hydrogen-bond donors (Lipinski definition) is 0. The van der Waals surface area contributed by atoms with E-state index in [-0.39, 0.29) is 5.41 Å². The zero-order chi connectivity index (χ0) is 35.0. The summed E-state index contributed by atoms with van der Waals surface area (Å²) in [7, 11) is 2.11. The van der Waals surface area contributed by atoms with Crippen LogP contribution in [-0.2, 0) is 18.9 Å². The molecule has 10 rings (SSSR count). The lowest BCUT2D eigenvalue weighted by atomic mass is 9.70. The number of rotatable bonds is 5. The van der Waals surface area contributed by atoms with Crippen LogP contribution in [0.25, 0.3) is 50.0 Å². The molecule has 0 radical (unpaired) electrons. The minimum absolute atomic E-state index is 0.288. The van der Waals surface area contributed by atoms with E-state index in [1.165, 1.54) is 44.4 Å². The molecule has 0 saturated heterocycles. The second-order valence-corrected chi connectivity index (χ2v) is 14.4. The predicted octanol–water partition coefficient (Wildman–Crippen LogP) is 11.4. The summed E-state index contributed by atoms with van der Waals surface area (Å²) in [5.41, 5.74) is 14.0. The number of para-hydroxylation sites is 5. The van der Waals surface area contributed by atoms with Gasteiger partial charge in [0.15, 0.2) is 0 Å². The molecule has 0 aliphatic carbocycles. The van der Waals surface area contributed by atoms with Gasteiger partial charge in [-0.05, 0) is 89.3 Å². The molecule has 0 N–H and O–H groups in total. The Labute approximate surface area is 303 Å². The first-order chi connectivity index (χ1) is 25.5. The molecule has 0 atom stereocenters. The second-order valence-electron chi connectivity index (χ2n) is 14.4. The molecule has 5 heteroatoms. The molecular weight excluding hydrogens is 635 g/mol. The van der Waals surface area contributed by atoms with Crippen molar-refractivity contribution in [2.45, 2.75) is 25.7 Å². The van der Waals surface area contributed by atoms with Crippen molar-refractivity contribution in [3.63, 3.8) is 0 Å². The van der Waals surface area contributed by atoms with Crippen molar-refractivity contribution in [1.29, 1.82) is 0 Å². The molecular formula is C47H37N5. The van der Waals surface area contributed by atoms with E-state index < -0.39 is 0 Å². The van der Waals surface area contributed by atoms with Crippen LogP contribution >= 0.6 is 0 Å². The first kappa shape index (κ1) is 30.4. The molecule has 0 bridgehead atoms. The Morgan fingerprint density at radius 2 is 1.40 bits per heavy atom. The number of benzene rings is 6. The third-order valence-corrected chi connectivity index (χ3v) is 10.9. The zero-order valence-corrected chi connectivity index (χ0v) is 29.5. The Morgan fingerprint density at radius 1 is 0.654 bits per heavy atom. The zero-order valence-electron chi connectivity index (χ0n) is 29.5. The van der Waals surface area contributed by atoms with Crippen molar-refractivity contribution >= 4 is 49.9 Å². The van der Waals surface area contributed by atoms with Gasteiger partial charge in [-0.15, -0.1) is 0 Å². The third-order valence-electron chi connectivity index (χ3n) is 10.9. The summed E-state index contributed by atoms with van der Waals surface area (Å²) < 4.78 is 4.55. The molecule has 0 amide bonds. The first-order valence-corrected chi connectivity index (χ1v) is 18.0. The van der Waals surface area contributed by atoms with Crippen LogP contribution in [0, 0.1) is 0 Å². The number of imidazole rings is 1. The minimum Gasteiger partial charge on any atom is -0.327 e. The van der Waals surface area contributed by atoms with Crippen molar-refractivity contribution in [2.75, 3.05) is 4.90 Å². The molecule has 5 nitrogen and oxygen atoms in total. The van der Waals surface area contributed by atoms with Crippen molar-refractivity contribution in [2.24, 2.45) is 7.05 Å². The average molecular weight is 672 g/mol. The van der Waals surface area contributed by atoms with E-state index in [1.54, 1.807) is 0 Å². The fourth-order valence-corrected chi connectivity index (χ4v) is 8.69. The highest BCUT2D eigenvalue weighted by Crippen LogP contribution is 2.57. The lowest BCUT2D eigenvalue weighted by Gasteiger charge is -2.43. The van der Waals surface area contributed by atoms with Crippen molar-refractivity contribution in [3.8, 4) is 17.2 Å². The lowest BCUT2D eigenvalue weighted by molar-refractivity contribution is 0.626.